The third-order valence-electron chi connectivity index (χ3n) is 2.89. The summed E-state index contributed by atoms with van der Waals surface area (Å²) in [5, 5.41) is 1.30. The van der Waals surface area contributed by atoms with Crippen LogP contribution in [0.25, 0.3) is 0 Å². The molecule has 0 amide bonds. The first kappa shape index (κ1) is 12.2. The SMILES string of the molecule is Cc1ccc(C)c(CSc2cccc[n+]2C)c1. The highest BCUT2D eigenvalue weighted by Crippen LogP contribution is 2.22. The Kier molecular flexibility index (Phi) is 3.85. The molecule has 0 unspecified atom stereocenters. The molecule has 1 aromatic heterocycles. The summed E-state index contributed by atoms with van der Waals surface area (Å²) in [6.07, 6.45) is 2.09. The number of hydrogen-bond acceptors (Lipinski definition) is 1. The van der Waals surface area contributed by atoms with E-state index in [1.54, 1.807) is 0 Å². The molecule has 1 heterocycles. The molecule has 0 saturated heterocycles. The molecule has 2 aromatic rings. The molecule has 88 valence electrons. The van der Waals surface area contributed by atoms with Gasteiger partial charge in [0.25, 0.3) is 0 Å². The van der Waals surface area contributed by atoms with Crippen LogP contribution in [0.2, 0.25) is 0 Å². The summed E-state index contributed by atoms with van der Waals surface area (Å²) in [7, 11) is 2.09. The van der Waals surface area contributed by atoms with Gasteiger partial charge in [-0.3, -0.25) is 0 Å². The van der Waals surface area contributed by atoms with Gasteiger partial charge in [-0.25, -0.2) is 0 Å². The molecule has 1 aromatic carbocycles. The highest BCUT2D eigenvalue weighted by molar-refractivity contribution is 7.98. The van der Waals surface area contributed by atoms with E-state index in [0.29, 0.717) is 0 Å². The summed E-state index contributed by atoms with van der Waals surface area (Å²) in [5.41, 5.74) is 4.14. The van der Waals surface area contributed by atoms with E-state index in [-0.39, 0.29) is 0 Å². The first-order chi connectivity index (χ1) is 8.16. The number of aromatic nitrogens is 1. The van der Waals surface area contributed by atoms with Crippen LogP contribution in [0.3, 0.4) is 0 Å². The highest BCUT2D eigenvalue weighted by Gasteiger charge is 2.07. The van der Waals surface area contributed by atoms with Gasteiger partial charge in [-0.05, 0) is 31.0 Å². The Labute approximate surface area is 108 Å². The van der Waals surface area contributed by atoms with Crippen LogP contribution in [0.5, 0.6) is 0 Å². The molecule has 2 heteroatoms. The standard InChI is InChI=1S/C15H18NS/c1-12-7-8-13(2)14(10-12)11-17-15-6-4-5-9-16(15)3/h4-10H,11H2,1-3H3/q+1. The third kappa shape index (κ3) is 3.10. The van der Waals surface area contributed by atoms with E-state index in [1.807, 2.05) is 11.8 Å². The maximum Gasteiger partial charge on any atom is 0.240 e. The molecule has 0 N–H and O–H groups in total. The zero-order valence-corrected chi connectivity index (χ0v) is 11.4. The summed E-state index contributed by atoms with van der Waals surface area (Å²) < 4.78 is 2.16. The number of nitrogens with zero attached hydrogens (tertiary/aromatic N) is 1. The van der Waals surface area contributed by atoms with E-state index in [0.717, 1.165) is 5.75 Å². The van der Waals surface area contributed by atoms with E-state index in [9.17, 15) is 0 Å². The van der Waals surface area contributed by atoms with Gasteiger partial charge in [0, 0.05) is 17.9 Å². The van der Waals surface area contributed by atoms with Gasteiger partial charge < -0.3 is 0 Å². The number of thioether (sulfide) groups is 1. The maximum absolute atomic E-state index is 2.28. The molecular weight excluding hydrogens is 226 g/mol. The smallest absolute Gasteiger partial charge is 0.196 e. The average molecular weight is 244 g/mol. The summed E-state index contributed by atoms with van der Waals surface area (Å²) in [5.74, 6) is 1.03. The van der Waals surface area contributed by atoms with Crippen molar-refractivity contribution < 1.29 is 4.57 Å². The van der Waals surface area contributed by atoms with Gasteiger partial charge in [-0.2, -0.15) is 4.57 Å². The molecule has 0 aliphatic rings. The van der Waals surface area contributed by atoms with Gasteiger partial charge in [0.1, 0.15) is 7.05 Å². The molecule has 2 rings (SSSR count). The molecular formula is C15H18NS+. The van der Waals surface area contributed by atoms with Crippen LogP contribution in [0.1, 0.15) is 16.7 Å². The molecule has 1 nitrogen and oxygen atoms in total. The number of hydrogen-bond donors (Lipinski definition) is 0. The molecule has 0 spiro atoms. The molecule has 0 aliphatic carbocycles. The Balaban J connectivity index is 2.12. The van der Waals surface area contributed by atoms with Crippen molar-refractivity contribution in [1.82, 2.24) is 0 Å². The number of rotatable bonds is 3. The van der Waals surface area contributed by atoms with Crippen molar-refractivity contribution in [3.05, 3.63) is 59.3 Å². The minimum absolute atomic E-state index is 1.03. The second kappa shape index (κ2) is 5.37. The third-order valence-corrected chi connectivity index (χ3v) is 4.06. The lowest BCUT2D eigenvalue weighted by Gasteiger charge is -2.05. The summed E-state index contributed by atoms with van der Waals surface area (Å²) in [6, 6.07) is 13.0. The number of benzene rings is 1. The Hall–Kier alpha value is -1.28. The molecule has 0 fully saturated rings. The molecule has 0 atom stereocenters. The van der Waals surface area contributed by atoms with Crippen LogP contribution in [-0.4, -0.2) is 0 Å². The average Bonchev–Trinajstić information content (AvgIpc) is 2.32. The van der Waals surface area contributed by atoms with Gasteiger partial charge in [-0.15, -0.1) is 0 Å². The maximum atomic E-state index is 2.28. The topological polar surface area (TPSA) is 3.88 Å². The first-order valence-electron chi connectivity index (χ1n) is 5.80. The van der Waals surface area contributed by atoms with Crippen molar-refractivity contribution in [2.24, 2.45) is 7.05 Å². The fourth-order valence-electron chi connectivity index (χ4n) is 1.77. The lowest BCUT2D eigenvalue weighted by molar-refractivity contribution is -0.708. The Bertz CT molecular complexity index is 520. The van der Waals surface area contributed by atoms with E-state index in [2.05, 4.69) is 68.1 Å². The Morgan fingerprint density at radius 1 is 1.12 bits per heavy atom. The number of pyridine rings is 1. The molecule has 17 heavy (non-hydrogen) atoms. The Morgan fingerprint density at radius 2 is 1.94 bits per heavy atom. The fraction of sp³-hybridized carbons (Fsp3) is 0.267. The normalized spacial score (nSPS) is 10.5. The molecule has 0 bridgehead atoms. The lowest BCUT2D eigenvalue weighted by atomic mass is 10.1. The van der Waals surface area contributed by atoms with E-state index >= 15 is 0 Å². The lowest BCUT2D eigenvalue weighted by Crippen LogP contribution is -2.29. The predicted molar refractivity (Wildman–Crippen MR) is 73.1 cm³/mol. The molecule has 0 aliphatic heterocycles. The predicted octanol–water partition coefficient (Wildman–Crippen LogP) is 3.42. The minimum Gasteiger partial charge on any atom is -0.196 e. The second-order valence-electron chi connectivity index (χ2n) is 4.37. The largest absolute Gasteiger partial charge is 0.240 e. The van der Waals surface area contributed by atoms with Gasteiger partial charge in [0.05, 0.1) is 0 Å². The van der Waals surface area contributed by atoms with Crippen molar-refractivity contribution in [1.29, 1.82) is 0 Å². The zero-order chi connectivity index (χ0) is 12.3. The molecule has 0 radical (unpaired) electrons. The van der Waals surface area contributed by atoms with Crippen LogP contribution in [0.4, 0.5) is 0 Å². The van der Waals surface area contributed by atoms with Crippen LogP contribution in [0, 0.1) is 13.8 Å². The van der Waals surface area contributed by atoms with Crippen LogP contribution < -0.4 is 4.57 Å². The van der Waals surface area contributed by atoms with E-state index < -0.39 is 0 Å². The van der Waals surface area contributed by atoms with E-state index in [4.69, 9.17) is 0 Å². The molecule has 0 saturated carbocycles. The van der Waals surface area contributed by atoms with Crippen LogP contribution >= 0.6 is 11.8 Å². The van der Waals surface area contributed by atoms with Crippen molar-refractivity contribution >= 4 is 11.8 Å². The monoisotopic (exact) mass is 244 g/mol. The first-order valence-corrected chi connectivity index (χ1v) is 6.79. The van der Waals surface area contributed by atoms with Gasteiger partial charge >= 0.3 is 0 Å². The number of aryl methyl sites for hydroxylation is 3. The van der Waals surface area contributed by atoms with Crippen LogP contribution in [-0.2, 0) is 12.8 Å². The van der Waals surface area contributed by atoms with E-state index in [1.165, 1.54) is 21.7 Å². The highest BCUT2D eigenvalue weighted by atomic mass is 32.2. The van der Waals surface area contributed by atoms with Gasteiger partial charge in [-0.1, -0.05) is 35.5 Å². The van der Waals surface area contributed by atoms with Crippen molar-refractivity contribution in [2.75, 3.05) is 0 Å². The zero-order valence-electron chi connectivity index (χ0n) is 10.6. The van der Waals surface area contributed by atoms with Gasteiger partial charge in [0.2, 0.25) is 5.03 Å². The Morgan fingerprint density at radius 3 is 2.71 bits per heavy atom. The summed E-state index contributed by atoms with van der Waals surface area (Å²) >= 11 is 1.89. The summed E-state index contributed by atoms with van der Waals surface area (Å²) in [4.78, 5) is 0. The summed E-state index contributed by atoms with van der Waals surface area (Å²) in [6.45, 7) is 4.33. The van der Waals surface area contributed by atoms with Crippen molar-refractivity contribution in [3.8, 4) is 0 Å². The van der Waals surface area contributed by atoms with Crippen molar-refractivity contribution in [3.63, 3.8) is 0 Å². The minimum atomic E-state index is 1.03. The van der Waals surface area contributed by atoms with Crippen LogP contribution in [0.15, 0.2) is 47.6 Å². The fourth-order valence-corrected chi connectivity index (χ4v) is 2.82. The quantitative estimate of drug-likeness (QED) is 0.591. The second-order valence-corrected chi connectivity index (χ2v) is 5.36. The van der Waals surface area contributed by atoms with Crippen molar-refractivity contribution in [2.45, 2.75) is 24.6 Å². The van der Waals surface area contributed by atoms with Gasteiger partial charge in [0.15, 0.2) is 6.20 Å².